The van der Waals surface area contributed by atoms with Gasteiger partial charge in [-0.3, -0.25) is 9.69 Å². The van der Waals surface area contributed by atoms with Crippen LogP contribution in [-0.4, -0.2) is 50.2 Å². The molecule has 0 saturated carbocycles. The van der Waals surface area contributed by atoms with Crippen LogP contribution in [-0.2, 0) is 9.53 Å². The zero-order valence-electron chi connectivity index (χ0n) is 13.6. The van der Waals surface area contributed by atoms with E-state index in [9.17, 15) is 4.79 Å². The summed E-state index contributed by atoms with van der Waals surface area (Å²) < 4.78 is 5.33. The Bertz CT molecular complexity index is 662. The largest absolute Gasteiger partial charge is 0.379 e. The molecule has 0 unspecified atom stereocenters. The summed E-state index contributed by atoms with van der Waals surface area (Å²) in [6, 6.07) is 14.1. The van der Waals surface area contributed by atoms with Gasteiger partial charge in [0.25, 0.3) is 0 Å². The van der Waals surface area contributed by atoms with Crippen molar-refractivity contribution in [2.24, 2.45) is 0 Å². The quantitative estimate of drug-likeness (QED) is 0.821. The second-order valence-corrected chi connectivity index (χ2v) is 6.59. The van der Waals surface area contributed by atoms with Crippen LogP contribution in [0.2, 0.25) is 0 Å². The zero-order valence-corrected chi connectivity index (χ0v) is 14.4. The first-order valence-corrected chi connectivity index (χ1v) is 9.10. The second kappa shape index (κ2) is 8.78. The Morgan fingerprint density at radius 2 is 1.96 bits per heavy atom. The molecule has 0 bridgehead atoms. The number of benzene rings is 1. The molecule has 1 aromatic carbocycles. The van der Waals surface area contributed by atoms with Crippen molar-refractivity contribution < 1.29 is 9.53 Å². The Kier molecular flexibility index (Phi) is 6.18. The molecule has 2 aromatic rings. The Hall–Kier alpha value is -1.95. The van der Waals surface area contributed by atoms with Crippen LogP contribution in [0.4, 0.5) is 0 Å². The fraction of sp³-hybridized carbons (Fsp3) is 0.316. The van der Waals surface area contributed by atoms with Gasteiger partial charge in [-0.2, -0.15) is 0 Å². The van der Waals surface area contributed by atoms with Crippen LogP contribution in [0.3, 0.4) is 0 Å². The van der Waals surface area contributed by atoms with Gasteiger partial charge >= 0.3 is 0 Å². The monoisotopic (exact) mass is 342 g/mol. The molecule has 4 nitrogen and oxygen atoms in total. The number of rotatable bonds is 6. The predicted octanol–water partition coefficient (Wildman–Crippen LogP) is 2.63. The number of hydrogen-bond donors (Lipinski definition) is 1. The number of ether oxygens (including phenoxy) is 1. The van der Waals surface area contributed by atoms with Crippen LogP contribution >= 0.6 is 11.3 Å². The fourth-order valence-corrected chi connectivity index (χ4v) is 3.45. The van der Waals surface area contributed by atoms with Crippen molar-refractivity contribution in [3.63, 3.8) is 0 Å². The van der Waals surface area contributed by atoms with Crippen LogP contribution in [0.1, 0.15) is 10.4 Å². The van der Waals surface area contributed by atoms with Gasteiger partial charge in [0.1, 0.15) is 0 Å². The third-order valence-corrected chi connectivity index (χ3v) is 4.88. The minimum Gasteiger partial charge on any atom is -0.379 e. The highest BCUT2D eigenvalue weighted by Crippen LogP contribution is 2.26. The zero-order chi connectivity index (χ0) is 16.6. The number of morpholine rings is 1. The maximum Gasteiger partial charge on any atom is 0.244 e. The molecule has 126 valence electrons. The summed E-state index contributed by atoms with van der Waals surface area (Å²) >= 11 is 1.64. The average Bonchev–Trinajstić information content (AvgIpc) is 3.16. The third kappa shape index (κ3) is 4.77. The van der Waals surface area contributed by atoms with Crippen molar-refractivity contribution in [1.29, 1.82) is 0 Å². The standard InChI is InChI=1S/C19H22N2O2S/c22-19(20-8-9-21-10-12-23-13-11-21)15-17(18-7-4-14-24-18)16-5-2-1-3-6-16/h1-7,14-15H,8-13H2,(H,20,22)/b17-15+. The van der Waals surface area contributed by atoms with Crippen molar-refractivity contribution in [2.45, 2.75) is 0 Å². The first-order chi connectivity index (χ1) is 11.8. The number of amides is 1. The maximum absolute atomic E-state index is 12.3. The summed E-state index contributed by atoms with van der Waals surface area (Å²) in [4.78, 5) is 15.7. The Morgan fingerprint density at radius 1 is 1.17 bits per heavy atom. The predicted molar refractivity (Wildman–Crippen MR) is 98.1 cm³/mol. The Balaban J connectivity index is 1.63. The molecule has 0 radical (unpaired) electrons. The number of nitrogens with one attached hydrogen (secondary N) is 1. The molecule has 0 spiro atoms. The van der Waals surface area contributed by atoms with E-state index >= 15 is 0 Å². The third-order valence-electron chi connectivity index (χ3n) is 3.98. The molecule has 3 rings (SSSR count). The molecule has 2 heterocycles. The molecule has 1 fully saturated rings. The van der Waals surface area contributed by atoms with Gasteiger partial charge in [0.15, 0.2) is 0 Å². The molecule has 0 aliphatic carbocycles. The van der Waals surface area contributed by atoms with E-state index in [0.29, 0.717) is 6.54 Å². The van der Waals surface area contributed by atoms with Crippen LogP contribution in [0.5, 0.6) is 0 Å². The van der Waals surface area contributed by atoms with E-state index in [1.807, 2.05) is 47.8 Å². The molecule has 1 amide bonds. The SMILES string of the molecule is O=C(/C=C(\c1ccccc1)c1cccs1)NCCN1CCOCC1. The summed E-state index contributed by atoms with van der Waals surface area (Å²) in [5, 5.41) is 5.03. The van der Waals surface area contributed by atoms with Gasteiger partial charge in [-0.1, -0.05) is 36.4 Å². The van der Waals surface area contributed by atoms with Crippen molar-refractivity contribution in [1.82, 2.24) is 10.2 Å². The highest BCUT2D eigenvalue weighted by Gasteiger charge is 2.11. The normalized spacial score (nSPS) is 16.1. The van der Waals surface area contributed by atoms with E-state index in [2.05, 4.69) is 10.2 Å². The number of thiophene rings is 1. The second-order valence-electron chi connectivity index (χ2n) is 5.65. The Labute approximate surface area is 146 Å². The van der Waals surface area contributed by atoms with Gasteiger partial charge in [0, 0.05) is 42.7 Å². The van der Waals surface area contributed by atoms with Crippen molar-refractivity contribution >= 4 is 22.8 Å². The first kappa shape index (κ1) is 16.9. The molecule has 1 aromatic heterocycles. The van der Waals surface area contributed by atoms with E-state index in [-0.39, 0.29) is 5.91 Å². The average molecular weight is 342 g/mol. The minimum atomic E-state index is -0.0458. The van der Waals surface area contributed by atoms with Crippen LogP contribution in [0.15, 0.2) is 53.9 Å². The van der Waals surface area contributed by atoms with Gasteiger partial charge in [-0.05, 0) is 17.0 Å². The molecule has 24 heavy (non-hydrogen) atoms. The highest BCUT2D eigenvalue weighted by atomic mass is 32.1. The molecule has 5 heteroatoms. The van der Waals surface area contributed by atoms with E-state index in [1.54, 1.807) is 17.4 Å². The minimum absolute atomic E-state index is 0.0458. The van der Waals surface area contributed by atoms with E-state index in [4.69, 9.17) is 4.74 Å². The molecule has 1 aliphatic rings. The fourth-order valence-electron chi connectivity index (χ4n) is 2.69. The van der Waals surface area contributed by atoms with Crippen LogP contribution in [0, 0.1) is 0 Å². The van der Waals surface area contributed by atoms with E-state index in [0.717, 1.165) is 48.9 Å². The molecule has 1 saturated heterocycles. The summed E-state index contributed by atoms with van der Waals surface area (Å²) in [7, 11) is 0. The van der Waals surface area contributed by atoms with Gasteiger partial charge in [0.2, 0.25) is 5.91 Å². The summed E-state index contributed by atoms with van der Waals surface area (Å²) in [5.74, 6) is -0.0458. The Morgan fingerprint density at radius 3 is 2.67 bits per heavy atom. The number of hydrogen-bond acceptors (Lipinski definition) is 4. The highest BCUT2D eigenvalue weighted by molar-refractivity contribution is 7.11. The number of nitrogens with zero attached hydrogens (tertiary/aromatic N) is 1. The number of carbonyl (C=O) groups excluding carboxylic acids is 1. The van der Waals surface area contributed by atoms with Crippen LogP contribution in [0.25, 0.3) is 5.57 Å². The topological polar surface area (TPSA) is 41.6 Å². The van der Waals surface area contributed by atoms with Crippen molar-refractivity contribution in [2.75, 3.05) is 39.4 Å². The summed E-state index contributed by atoms with van der Waals surface area (Å²) in [6.07, 6.45) is 1.71. The molecular formula is C19H22N2O2S. The lowest BCUT2D eigenvalue weighted by molar-refractivity contribution is -0.116. The molecular weight excluding hydrogens is 320 g/mol. The lowest BCUT2D eigenvalue weighted by Gasteiger charge is -2.26. The van der Waals surface area contributed by atoms with Crippen molar-refractivity contribution in [3.8, 4) is 0 Å². The molecule has 1 N–H and O–H groups in total. The lowest BCUT2D eigenvalue weighted by Crippen LogP contribution is -2.41. The maximum atomic E-state index is 12.3. The van der Waals surface area contributed by atoms with Gasteiger partial charge in [0.05, 0.1) is 13.2 Å². The first-order valence-electron chi connectivity index (χ1n) is 8.22. The van der Waals surface area contributed by atoms with Gasteiger partial charge in [-0.15, -0.1) is 11.3 Å². The summed E-state index contributed by atoms with van der Waals surface area (Å²) in [5.41, 5.74) is 2.03. The van der Waals surface area contributed by atoms with Crippen LogP contribution < -0.4 is 5.32 Å². The van der Waals surface area contributed by atoms with Gasteiger partial charge < -0.3 is 10.1 Å². The smallest absolute Gasteiger partial charge is 0.244 e. The molecule has 1 aliphatic heterocycles. The van der Waals surface area contributed by atoms with E-state index in [1.165, 1.54) is 0 Å². The van der Waals surface area contributed by atoms with Crippen molar-refractivity contribution in [3.05, 3.63) is 64.4 Å². The number of carbonyl (C=O) groups is 1. The summed E-state index contributed by atoms with van der Waals surface area (Å²) in [6.45, 7) is 4.96. The van der Waals surface area contributed by atoms with E-state index < -0.39 is 0 Å². The van der Waals surface area contributed by atoms with Gasteiger partial charge in [-0.25, -0.2) is 0 Å². The lowest BCUT2D eigenvalue weighted by atomic mass is 10.0. The molecule has 0 atom stereocenters.